The van der Waals surface area contributed by atoms with Crippen LogP contribution in [0.25, 0.3) is 0 Å². The molecule has 0 fully saturated rings. The minimum Gasteiger partial charge on any atom is -0.485 e. The van der Waals surface area contributed by atoms with Crippen LogP contribution in [0.4, 0.5) is 13.2 Å². The first-order chi connectivity index (χ1) is 9.95. The first-order valence-corrected chi connectivity index (χ1v) is 6.72. The van der Waals surface area contributed by atoms with E-state index in [0.29, 0.717) is 22.8 Å². The molecule has 3 rings (SSSR count). The van der Waals surface area contributed by atoms with Crippen LogP contribution < -0.4 is 9.47 Å². The lowest BCUT2D eigenvalue weighted by molar-refractivity contribution is -0.137. The van der Waals surface area contributed by atoms with Crippen molar-refractivity contribution >= 4 is 17.1 Å². The fourth-order valence-corrected chi connectivity index (χ4v) is 2.59. The zero-order valence-corrected chi connectivity index (χ0v) is 11.2. The maximum atomic E-state index is 12.5. The van der Waals surface area contributed by atoms with Gasteiger partial charge >= 0.3 is 6.18 Å². The molecular weight excluding hydrogens is 307 g/mol. The van der Waals surface area contributed by atoms with Crippen LogP contribution in [0.2, 0.25) is 0 Å². The summed E-state index contributed by atoms with van der Waals surface area (Å²) in [4.78, 5) is 15.3. The summed E-state index contributed by atoms with van der Waals surface area (Å²) in [5.74, 6) is 0.321. The zero-order valence-electron chi connectivity index (χ0n) is 10.4. The molecule has 0 saturated carbocycles. The van der Waals surface area contributed by atoms with E-state index in [0.717, 1.165) is 6.20 Å². The van der Waals surface area contributed by atoms with Crippen molar-refractivity contribution in [3.05, 3.63) is 40.3 Å². The van der Waals surface area contributed by atoms with E-state index in [1.165, 1.54) is 0 Å². The smallest absolute Gasteiger partial charge is 0.443 e. The molecule has 0 aliphatic carbocycles. The van der Waals surface area contributed by atoms with E-state index < -0.39 is 23.1 Å². The second-order valence-corrected chi connectivity index (χ2v) is 5.29. The molecule has 1 atom stereocenters. The van der Waals surface area contributed by atoms with Gasteiger partial charge in [-0.1, -0.05) is 12.1 Å². The molecule has 0 radical (unpaired) electrons. The van der Waals surface area contributed by atoms with Crippen LogP contribution >= 0.6 is 11.3 Å². The number of nitrogens with zero attached hydrogens (tertiary/aromatic N) is 1. The lowest BCUT2D eigenvalue weighted by Gasteiger charge is -2.24. The number of alkyl halides is 3. The number of hydrogen-bond donors (Lipinski definition) is 0. The third-order valence-corrected chi connectivity index (χ3v) is 3.85. The summed E-state index contributed by atoms with van der Waals surface area (Å²) < 4.78 is 48.3. The van der Waals surface area contributed by atoms with Crippen LogP contribution in [-0.2, 0) is 6.18 Å². The Morgan fingerprint density at radius 2 is 2.00 bits per heavy atom. The highest BCUT2D eigenvalue weighted by molar-refractivity contribution is 7.13. The van der Waals surface area contributed by atoms with Crippen molar-refractivity contribution < 1.29 is 27.4 Å². The lowest BCUT2D eigenvalue weighted by atomic mass is 10.2. The Hall–Kier alpha value is -2.09. The minimum atomic E-state index is -4.56. The van der Waals surface area contributed by atoms with Gasteiger partial charge in [-0.3, -0.25) is 4.79 Å². The van der Waals surface area contributed by atoms with E-state index in [9.17, 15) is 18.0 Å². The van der Waals surface area contributed by atoms with Gasteiger partial charge in [0.2, 0.25) is 5.78 Å². The molecule has 21 heavy (non-hydrogen) atoms. The van der Waals surface area contributed by atoms with Gasteiger partial charge in [0, 0.05) is 6.20 Å². The van der Waals surface area contributed by atoms with E-state index in [1.807, 2.05) is 0 Å². The second kappa shape index (κ2) is 5.03. The second-order valence-electron chi connectivity index (χ2n) is 4.26. The average molecular weight is 315 g/mol. The fourth-order valence-electron chi connectivity index (χ4n) is 1.83. The molecule has 1 unspecified atom stereocenters. The van der Waals surface area contributed by atoms with Gasteiger partial charge in [-0.25, -0.2) is 4.98 Å². The van der Waals surface area contributed by atoms with E-state index in [-0.39, 0.29) is 11.5 Å². The number of carbonyl (C=O) groups excluding carboxylic acids is 1. The molecule has 2 aromatic rings. The maximum Gasteiger partial charge on any atom is 0.443 e. The average Bonchev–Trinajstić information content (AvgIpc) is 2.96. The van der Waals surface area contributed by atoms with Gasteiger partial charge in [0.05, 0.1) is 4.88 Å². The van der Waals surface area contributed by atoms with Crippen molar-refractivity contribution in [2.24, 2.45) is 0 Å². The number of thiazole rings is 1. The Labute approximate surface area is 121 Å². The van der Waals surface area contributed by atoms with Crippen LogP contribution in [0.5, 0.6) is 11.5 Å². The number of carbonyl (C=O) groups is 1. The largest absolute Gasteiger partial charge is 0.485 e. The highest BCUT2D eigenvalue weighted by Gasteiger charge is 2.37. The van der Waals surface area contributed by atoms with Gasteiger partial charge in [0.25, 0.3) is 0 Å². The SMILES string of the molecule is O=C(c1cnc(C(F)(F)F)s1)C1COc2ccccc2O1. The molecule has 0 bridgehead atoms. The topological polar surface area (TPSA) is 48.4 Å². The van der Waals surface area contributed by atoms with Gasteiger partial charge in [0.1, 0.15) is 6.61 Å². The number of para-hydroxylation sites is 2. The number of fused-ring (bicyclic) bond motifs is 1. The number of Topliss-reactive ketones (excluding diaryl/α,β-unsaturated/α-hetero) is 1. The first kappa shape index (κ1) is 13.9. The van der Waals surface area contributed by atoms with Crippen molar-refractivity contribution in [3.8, 4) is 11.5 Å². The number of benzene rings is 1. The van der Waals surface area contributed by atoms with Gasteiger partial charge in [-0.15, -0.1) is 11.3 Å². The van der Waals surface area contributed by atoms with E-state index in [1.54, 1.807) is 24.3 Å². The predicted octanol–water partition coefficient (Wildman–Crippen LogP) is 3.18. The number of hydrogen-bond acceptors (Lipinski definition) is 5. The molecule has 0 spiro atoms. The van der Waals surface area contributed by atoms with Gasteiger partial charge in [-0.2, -0.15) is 13.2 Å². The summed E-state index contributed by atoms with van der Waals surface area (Å²) in [6, 6.07) is 6.78. The molecule has 110 valence electrons. The Bertz CT molecular complexity index is 683. The number of aromatic nitrogens is 1. The molecule has 1 aliphatic rings. The quantitative estimate of drug-likeness (QED) is 0.799. The summed E-state index contributed by atoms with van der Waals surface area (Å²) in [7, 11) is 0. The van der Waals surface area contributed by atoms with Gasteiger partial charge in [-0.05, 0) is 12.1 Å². The molecule has 1 aromatic carbocycles. The number of ether oxygens (including phenoxy) is 2. The lowest BCUT2D eigenvalue weighted by Crippen LogP contribution is -2.36. The van der Waals surface area contributed by atoms with Crippen LogP contribution in [0.15, 0.2) is 30.5 Å². The molecule has 0 amide bonds. The molecule has 4 nitrogen and oxygen atoms in total. The fraction of sp³-hybridized carbons (Fsp3) is 0.231. The summed E-state index contributed by atoms with van der Waals surface area (Å²) >= 11 is 0.302. The van der Waals surface area contributed by atoms with Crippen LogP contribution in [0, 0.1) is 0 Å². The third-order valence-electron chi connectivity index (χ3n) is 2.79. The Morgan fingerprint density at radius 1 is 1.29 bits per heavy atom. The Morgan fingerprint density at radius 3 is 2.67 bits per heavy atom. The third kappa shape index (κ3) is 2.71. The molecule has 1 aliphatic heterocycles. The highest BCUT2D eigenvalue weighted by Crippen LogP contribution is 2.35. The maximum absolute atomic E-state index is 12.5. The van der Waals surface area contributed by atoms with E-state index >= 15 is 0 Å². The molecule has 8 heteroatoms. The number of ketones is 1. The zero-order chi connectivity index (χ0) is 15.0. The minimum absolute atomic E-state index is 0.0465. The molecule has 0 N–H and O–H groups in total. The van der Waals surface area contributed by atoms with Crippen molar-refractivity contribution in [1.29, 1.82) is 0 Å². The Balaban J connectivity index is 1.79. The predicted molar refractivity (Wildman–Crippen MR) is 67.8 cm³/mol. The Kier molecular flexibility index (Phi) is 3.32. The highest BCUT2D eigenvalue weighted by atomic mass is 32.1. The van der Waals surface area contributed by atoms with E-state index in [4.69, 9.17) is 9.47 Å². The summed E-state index contributed by atoms with van der Waals surface area (Å²) in [5.41, 5.74) is 0. The standard InChI is InChI=1S/C13H8F3NO3S/c14-13(15,16)12-17-5-10(21-12)11(18)9-6-19-7-3-1-2-4-8(7)20-9/h1-5,9H,6H2. The summed E-state index contributed by atoms with van der Waals surface area (Å²) in [6.45, 7) is -0.0465. The molecule has 1 aromatic heterocycles. The van der Waals surface area contributed by atoms with Crippen LogP contribution in [0.1, 0.15) is 14.7 Å². The van der Waals surface area contributed by atoms with Gasteiger partial charge < -0.3 is 9.47 Å². The molecule has 0 saturated heterocycles. The van der Waals surface area contributed by atoms with Gasteiger partial charge in [0.15, 0.2) is 22.6 Å². The van der Waals surface area contributed by atoms with Crippen molar-refractivity contribution in [1.82, 2.24) is 4.98 Å². The molecule has 2 heterocycles. The monoisotopic (exact) mass is 315 g/mol. The molecular formula is C13H8F3NO3S. The van der Waals surface area contributed by atoms with Crippen molar-refractivity contribution in [2.75, 3.05) is 6.61 Å². The summed E-state index contributed by atoms with van der Waals surface area (Å²) in [5, 5.41) is -1.05. The summed E-state index contributed by atoms with van der Waals surface area (Å²) in [6.07, 6.45) is -4.61. The number of halogens is 3. The van der Waals surface area contributed by atoms with E-state index in [2.05, 4.69) is 4.98 Å². The number of rotatable bonds is 2. The normalized spacial score (nSPS) is 17.6. The van der Waals surface area contributed by atoms with Crippen LogP contribution in [0.3, 0.4) is 0 Å². The van der Waals surface area contributed by atoms with Crippen molar-refractivity contribution in [2.45, 2.75) is 12.3 Å². The van der Waals surface area contributed by atoms with Crippen molar-refractivity contribution in [3.63, 3.8) is 0 Å². The van der Waals surface area contributed by atoms with Crippen LogP contribution in [-0.4, -0.2) is 23.5 Å². The first-order valence-electron chi connectivity index (χ1n) is 5.91.